The second kappa shape index (κ2) is 9.58. The Kier molecular flexibility index (Phi) is 8.65. The zero-order chi connectivity index (χ0) is 13.1. The second-order valence-corrected chi connectivity index (χ2v) is 3.41. The van der Waals surface area contributed by atoms with Crippen molar-refractivity contribution in [3.63, 3.8) is 0 Å². The van der Waals surface area contributed by atoms with E-state index in [1.54, 1.807) is 0 Å². The average Bonchev–Trinajstić information content (AvgIpc) is 2.87. The number of H-pyrrole nitrogens is 1. The van der Waals surface area contributed by atoms with Crippen LogP contribution in [-0.4, -0.2) is 15.2 Å². The summed E-state index contributed by atoms with van der Waals surface area (Å²) in [7, 11) is 0. The first-order chi connectivity index (χ1) is 8.27. The molecule has 0 unspecified atom stereocenters. The Morgan fingerprint density at radius 3 is 2.00 bits per heavy atom. The van der Waals surface area contributed by atoms with E-state index in [0.717, 1.165) is 11.4 Å². The average molecular weight is 233 g/mol. The molecule has 0 bridgehead atoms. The molecule has 17 heavy (non-hydrogen) atoms. The highest BCUT2D eigenvalue weighted by atomic mass is 15.2. The number of rotatable bonds is 1. The number of nitrogens with zero attached hydrogens (tertiary/aromatic N) is 2. The largest absolute Gasteiger partial charge is 0.259 e. The van der Waals surface area contributed by atoms with E-state index < -0.39 is 0 Å². The molecular weight excluding hydrogens is 210 g/mol. The molecule has 1 heterocycles. The zero-order valence-corrected chi connectivity index (χ0v) is 11.5. The molecule has 0 atom stereocenters. The van der Waals surface area contributed by atoms with Gasteiger partial charge in [0.05, 0.1) is 0 Å². The van der Waals surface area contributed by atoms with Gasteiger partial charge in [-0.2, -0.15) is 5.10 Å². The number of benzene rings is 1. The molecule has 0 aliphatic heterocycles. The number of hydrogen-bond acceptors (Lipinski definition) is 2. The maximum atomic E-state index is 4.05. The van der Waals surface area contributed by atoms with Crippen LogP contribution in [0.3, 0.4) is 0 Å². The van der Waals surface area contributed by atoms with Crippen molar-refractivity contribution in [1.82, 2.24) is 15.2 Å². The molecule has 1 aromatic heterocycles. The highest BCUT2D eigenvalue weighted by Gasteiger charge is 1.97. The maximum absolute atomic E-state index is 4.05. The Bertz CT molecular complexity index is 363. The second-order valence-electron chi connectivity index (χ2n) is 3.41. The molecule has 1 aromatic carbocycles. The quantitative estimate of drug-likeness (QED) is 0.801. The molecule has 2 rings (SSSR count). The number of nitrogens with one attached hydrogen (secondary N) is 1. The van der Waals surface area contributed by atoms with Gasteiger partial charge in [0.15, 0.2) is 5.82 Å². The molecule has 1 N–H and O–H groups in total. The van der Waals surface area contributed by atoms with Gasteiger partial charge in [-0.3, -0.25) is 5.10 Å². The Morgan fingerprint density at radius 2 is 1.59 bits per heavy atom. The van der Waals surface area contributed by atoms with Crippen molar-refractivity contribution in [2.45, 2.75) is 41.0 Å². The highest BCUT2D eigenvalue weighted by molar-refractivity contribution is 5.54. The summed E-state index contributed by atoms with van der Waals surface area (Å²) in [4.78, 5) is 4.05. The molecule has 3 heteroatoms. The van der Waals surface area contributed by atoms with Crippen LogP contribution >= 0.6 is 0 Å². The highest BCUT2D eigenvalue weighted by Crippen LogP contribution is 2.13. The first kappa shape index (κ1) is 15.4. The summed E-state index contributed by atoms with van der Waals surface area (Å²) >= 11 is 0. The minimum atomic E-state index is 0.815. The van der Waals surface area contributed by atoms with Crippen LogP contribution in [0.15, 0.2) is 30.6 Å². The summed E-state index contributed by atoms with van der Waals surface area (Å²) in [5, 5.41) is 6.60. The van der Waals surface area contributed by atoms with Gasteiger partial charge < -0.3 is 0 Å². The molecule has 0 saturated carbocycles. The molecule has 0 fully saturated rings. The number of aryl methyl sites for hydroxylation is 1. The van der Waals surface area contributed by atoms with Gasteiger partial charge in [-0.15, -0.1) is 0 Å². The Morgan fingerprint density at radius 1 is 1.06 bits per heavy atom. The van der Waals surface area contributed by atoms with Crippen LogP contribution in [0.2, 0.25) is 0 Å². The van der Waals surface area contributed by atoms with Crippen molar-refractivity contribution in [2.75, 3.05) is 0 Å². The van der Waals surface area contributed by atoms with E-state index in [2.05, 4.69) is 48.1 Å². The standard InChI is InChI=1S/C9H9N3.C3H8.C2H6/c1-7-2-4-8(5-3-7)9-10-6-11-12-9;1-3-2;1-2/h2-6H,1H3,(H,10,11,12);3H2,1-2H3;1-2H3. The van der Waals surface area contributed by atoms with E-state index in [9.17, 15) is 0 Å². The first-order valence-corrected chi connectivity index (χ1v) is 6.20. The fourth-order valence-electron chi connectivity index (χ4n) is 1.06. The van der Waals surface area contributed by atoms with Gasteiger partial charge in [-0.1, -0.05) is 63.9 Å². The molecule has 0 aliphatic rings. The summed E-state index contributed by atoms with van der Waals surface area (Å²) in [6, 6.07) is 8.15. The van der Waals surface area contributed by atoms with Gasteiger partial charge in [-0.05, 0) is 6.92 Å². The van der Waals surface area contributed by atoms with Crippen molar-refractivity contribution >= 4 is 0 Å². The minimum absolute atomic E-state index is 0.815. The van der Waals surface area contributed by atoms with Crippen molar-refractivity contribution in [2.24, 2.45) is 0 Å². The van der Waals surface area contributed by atoms with Crippen LogP contribution in [-0.2, 0) is 0 Å². The van der Waals surface area contributed by atoms with Gasteiger partial charge >= 0.3 is 0 Å². The molecule has 3 nitrogen and oxygen atoms in total. The molecular formula is C14H23N3. The van der Waals surface area contributed by atoms with Crippen molar-refractivity contribution in [3.05, 3.63) is 36.2 Å². The van der Waals surface area contributed by atoms with Gasteiger partial charge in [0.2, 0.25) is 0 Å². The van der Waals surface area contributed by atoms with E-state index in [4.69, 9.17) is 0 Å². The Hall–Kier alpha value is -1.64. The monoisotopic (exact) mass is 233 g/mol. The van der Waals surface area contributed by atoms with Crippen LogP contribution in [0.5, 0.6) is 0 Å². The third kappa shape index (κ3) is 5.85. The van der Waals surface area contributed by atoms with Crippen LogP contribution in [0.25, 0.3) is 11.4 Å². The third-order valence-electron chi connectivity index (χ3n) is 1.74. The summed E-state index contributed by atoms with van der Waals surface area (Å²) in [6.45, 7) is 10.3. The topological polar surface area (TPSA) is 41.6 Å². The van der Waals surface area contributed by atoms with Crippen LogP contribution in [0.1, 0.15) is 39.7 Å². The smallest absolute Gasteiger partial charge is 0.155 e. The molecule has 0 spiro atoms. The normalized spacial score (nSPS) is 8.53. The number of aromatic nitrogens is 3. The summed E-state index contributed by atoms with van der Waals surface area (Å²) < 4.78 is 0. The van der Waals surface area contributed by atoms with Crippen molar-refractivity contribution in [3.8, 4) is 11.4 Å². The predicted molar refractivity (Wildman–Crippen MR) is 73.9 cm³/mol. The molecule has 2 aromatic rings. The zero-order valence-electron chi connectivity index (χ0n) is 11.5. The summed E-state index contributed by atoms with van der Waals surface area (Å²) in [5.41, 5.74) is 2.32. The summed E-state index contributed by atoms with van der Waals surface area (Å²) in [5.74, 6) is 0.815. The van der Waals surface area contributed by atoms with E-state index in [1.807, 2.05) is 26.0 Å². The van der Waals surface area contributed by atoms with Crippen molar-refractivity contribution in [1.29, 1.82) is 0 Å². The molecule has 0 amide bonds. The van der Waals surface area contributed by atoms with E-state index >= 15 is 0 Å². The number of aromatic amines is 1. The Labute approximate surface area is 104 Å². The first-order valence-electron chi connectivity index (χ1n) is 6.20. The van der Waals surface area contributed by atoms with Crippen LogP contribution < -0.4 is 0 Å². The van der Waals surface area contributed by atoms with Crippen LogP contribution in [0.4, 0.5) is 0 Å². The summed E-state index contributed by atoms with van der Waals surface area (Å²) in [6.07, 6.45) is 2.76. The lowest BCUT2D eigenvalue weighted by atomic mass is 10.1. The van der Waals surface area contributed by atoms with Gasteiger partial charge in [-0.25, -0.2) is 4.98 Å². The molecule has 0 saturated heterocycles. The fraction of sp³-hybridized carbons (Fsp3) is 0.429. The minimum Gasteiger partial charge on any atom is -0.259 e. The SMILES string of the molecule is CC.CCC.Cc1ccc(-c2ncn[nH]2)cc1. The Balaban J connectivity index is 0.000000450. The van der Waals surface area contributed by atoms with E-state index in [-0.39, 0.29) is 0 Å². The molecule has 94 valence electrons. The predicted octanol–water partition coefficient (Wildman–Crippen LogP) is 4.22. The molecule has 0 aliphatic carbocycles. The van der Waals surface area contributed by atoms with Gasteiger partial charge in [0, 0.05) is 5.56 Å². The lowest BCUT2D eigenvalue weighted by Crippen LogP contribution is -1.80. The lowest BCUT2D eigenvalue weighted by Gasteiger charge is -1.95. The van der Waals surface area contributed by atoms with Gasteiger partial charge in [0.1, 0.15) is 6.33 Å². The van der Waals surface area contributed by atoms with Gasteiger partial charge in [0.25, 0.3) is 0 Å². The maximum Gasteiger partial charge on any atom is 0.155 e. The molecule has 0 radical (unpaired) electrons. The number of hydrogen-bond donors (Lipinski definition) is 1. The van der Waals surface area contributed by atoms with E-state index in [0.29, 0.717) is 0 Å². The van der Waals surface area contributed by atoms with E-state index in [1.165, 1.54) is 18.3 Å². The van der Waals surface area contributed by atoms with Crippen molar-refractivity contribution < 1.29 is 0 Å². The third-order valence-corrected chi connectivity index (χ3v) is 1.74. The fourth-order valence-corrected chi connectivity index (χ4v) is 1.06. The van der Waals surface area contributed by atoms with Crippen LogP contribution in [0, 0.1) is 6.92 Å². The lowest BCUT2D eigenvalue weighted by molar-refractivity contribution is 1.09.